The molecular formula is C24H30FN5O. The number of H-pyrrole nitrogens is 1. The summed E-state index contributed by atoms with van der Waals surface area (Å²) in [5.74, 6) is 0.544. The largest absolute Gasteiger partial charge is 0.379 e. The van der Waals surface area contributed by atoms with Gasteiger partial charge in [-0.3, -0.25) is 9.89 Å². The number of ether oxygens (including phenoxy) is 1. The highest BCUT2D eigenvalue weighted by Gasteiger charge is 2.11. The minimum atomic E-state index is -0.224. The van der Waals surface area contributed by atoms with E-state index in [1.165, 1.54) is 23.3 Å². The molecule has 164 valence electrons. The van der Waals surface area contributed by atoms with Crippen LogP contribution in [0.1, 0.15) is 16.7 Å². The molecule has 0 saturated carbocycles. The molecule has 0 spiro atoms. The van der Waals surface area contributed by atoms with Gasteiger partial charge in [-0.05, 0) is 41.3 Å². The molecule has 0 amide bonds. The molecule has 0 aliphatic carbocycles. The van der Waals surface area contributed by atoms with Crippen LogP contribution in [-0.4, -0.2) is 55.7 Å². The van der Waals surface area contributed by atoms with Crippen LogP contribution in [-0.2, 0) is 24.2 Å². The van der Waals surface area contributed by atoms with Gasteiger partial charge in [0.2, 0.25) is 0 Å². The zero-order chi connectivity index (χ0) is 21.5. The molecule has 1 fully saturated rings. The van der Waals surface area contributed by atoms with Gasteiger partial charge in [0.25, 0.3) is 0 Å². The Hall–Kier alpha value is -2.90. The standard InChI is InChI=1S/C24H30FN5O/c1-26-24(27-8-7-20-16-28-23-14-21(25)5-6-22(20)23)29-15-18-3-2-4-19(13-18)17-30-9-11-31-12-10-30/h2-6,13-14,16,28H,7-12,15,17H2,1H3,(H2,26,27,29). The van der Waals surface area contributed by atoms with Crippen LogP contribution >= 0.6 is 0 Å². The molecular weight excluding hydrogens is 393 g/mol. The summed E-state index contributed by atoms with van der Waals surface area (Å²) >= 11 is 0. The highest BCUT2D eigenvalue weighted by molar-refractivity contribution is 5.83. The fraction of sp³-hybridized carbons (Fsp3) is 0.375. The number of hydrogen-bond acceptors (Lipinski definition) is 3. The fourth-order valence-corrected chi connectivity index (χ4v) is 3.94. The van der Waals surface area contributed by atoms with Crippen molar-refractivity contribution < 1.29 is 9.13 Å². The van der Waals surface area contributed by atoms with Crippen molar-refractivity contribution in [1.82, 2.24) is 20.5 Å². The Balaban J connectivity index is 1.26. The van der Waals surface area contributed by atoms with E-state index in [4.69, 9.17) is 4.74 Å². The molecule has 2 heterocycles. The summed E-state index contributed by atoms with van der Waals surface area (Å²) in [5.41, 5.74) is 4.54. The van der Waals surface area contributed by atoms with Crippen LogP contribution < -0.4 is 10.6 Å². The number of guanidine groups is 1. The van der Waals surface area contributed by atoms with Crippen LogP contribution in [0, 0.1) is 5.82 Å². The number of morpholine rings is 1. The zero-order valence-corrected chi connectivity index (χ0v) is 18.0. The maximum absolute atomic E-state index is 13.4. The molecule has 0 unspecified atom stereocenters. The molecule has 0 radical (unpaired) electrons. The van der Waals surface area contributed by atoms with Crippen LogP contribution in [0.25, 0.3) is 10.9 Å². The number of halogens is 1. The van der Waals surface area contributed by atoms with E-state index in [9.17, 15) is 4.39 Å². The van der Waals surface area contributed by atoms with E-state index in [-0.39, 0.29) is 5.82 Å². The van der Waals surface area contributed by atoms with Gasteiger partial charge >= 0.3 is 0 Å². The molecule has 3 aromatic rings. The molecule has 0 atom stereocenters. The van der Waals surface area contributed by atoms with E-state index < -0.39 is 0 Å². The number of nitrogens with zero attached hydrogens (tertiary/aromatic N) is 2. The first-order valence-electron chi connectivity index (χ1n) is 10.8. The fourth-order valence-electron chi connectivity index (χ4n) is 3.94. The number of aliphatic imine (C=N–C) groups is 1. The number of rotatable bonds is 7. The summed E-state index contributed by atoms with van der Waals surface area (Å²) in [5, 5.41) is 7.81. The summed E-state index contributed by atoms with van der Waals surface area (Å²) in [6, 6.07) is 13.5. The van der Waals surface area contributed by atoms with Crippen LogP contribution in [0.15, 0.2) is 53.7 Å². The van der Waals surface area contributed by atoms with E-state index in [2.05, 4.69) is 49.8 Å². The van der Waals surface area contributed by atoms with E-state index in [0.29, 0.717) is 6.54 Å². The maximum atomic E-state index is 13.4. The number of hydrogen-bond donors (Lipinski definition) is 3. The zero-order valence-electron chi connectivity index (χ0n) is 18.0. The minimum Gasteiger partial charge on any atom is -0.379 e. The highest BCUT2D eigenvalue weighted by Crippen LogP contribution is 2.19. The van der Waals surface area contributed by atoms with Gasteiger partial charge in [-0.1, -0.05) is 24.3 Å². The summed E-state index contributed by atoms with van der Waals surface area (Å²) in [7, 11) is 1.78. The van der Waals surface area contributed by atoms with Crippen LogP contribution in [0.3, 0.4) is 0 Å². The Bertz CT molecular complexity index is 1030. The van der Waals surface area contributed by atoms with Gasteiger partial charge < -0.3 is 20.4 Å². The number of aromatic amines is 1. The highest BCUT2D eigenvalue weighted by atomic mass is 19.1. The van der Waals surface area contributed by atoms with Crippen molar-refractivity contribution >= 4 is 16.9 Å². The lowest BCUT2D eigenvalue weighted by Crippen LogP contribution is -2.38. The first kappa shape index (κ1) is 21.3. The SMILES string of the molecule is CN=C(NCCc1c[nH]c2cc(F)ccc12)NCc1cccc(CN2CCOCC2)c1. The number of fused-ring (bicyclic) bond motifs is 1. The van der Waals surface area contributed by atoms with E-state index in [1.807, 2.05) is 12.3 Å². The number of benzene rings is 2. The van der Waals surface area contributed by atoms with E-state index >= 15 is 0 Å². The van der Waals surface area contributed by atoms with Gasteiger partial charge in [0.1, 0.15) is 5.82 Å². The van der Waals surface area contributed by atoms with Crippen molar-refractivity contribution in [3.8, 4) is 0 Å². The summed E-state index contributed by atoms with van der Waals surface area (Å²) in [4.78, 5) is 9.89. The molecule has 4 rings (SSSR count). The van der Waals surface area contributed by atoms with Crippen LogP contribution in [0.2, 0.25) is 0 Å². The molecule has 1 aliphatic rings. The van der Waals surface area contributed by atoms with Gasteiger partial charge in [0.15, 0.2) is 5.96 Å². The third-order valence-corrected chi connectivity index (χ3v) is 5.60. The van der Waals surface area contributed by atoms with Gasteiger partial charge in [-0.15, -0.1) is 0 Å². The molecule has 1 saturated heterocycles. The number of nitrogens with one attached hydrogen (secondary N) is 3. The Kier molecular flexibility index (Phi) is 7.17. The van der Waals surface area contributed by atoms with Crippen molar-refractivity contribution in [1.29, 1.82) is 0 Å². The first-order chi connectivity index (χ1) is 15.2. The molecule has 7 heteroatoms. The van der Waals surface area contributed by atoms with Gasteiger partial charge in [-0.25, -0.2) is 4.39 Å². The Morgan fingerprint density at radius 3 is 2.81 bits per heavy atom. The Labute approximate surface area is 182 Å². The lowest BCUT2D eigenvalue weighted by atomic mass is 10.1. The normalized spacial score (nSPS) is 15.4. The number of aromatic nitrogens is 1. The second-order valence-corrected chi connectivity index (χ2v) is 7.81. The van der Waals surface area contributed by atoms with Gasteiger partial charge in [0.05, 0.1) is 13.2 Å². The minimum absolute atomic E-state index is 0.224. The second-order valence-electron chi connectivity index (χ2n) is 7.81. The Morgan fingerprint density at radius 2 is 1.97 bits per heavy atom. The maximum Gasteiger partial charge on any atom is 0.191 e. The smallest absolute Gasteiger partial charge is 0.191 e. The van der Waals surface area contributed by atoms with Crippen LogP contribution in [0.5, 0.6) is 0 Å². The average molecular weight is 424 g/mol. The summed E-state index contributed by atoms with van der Waals surface area (Å²) in [6.45, 7) is 6.02. The molecule has 2 aromatic carbocycles. The van der Waals surface area contributed by atoms with E-state index in [0.717, 1.165) is 68.2 Å². The third-order valence-electron chi connectivity index (χ3n) is 5.60. The summed E-state index contributed by atoms with van der Waals surface area (Å²) in [6.07, 6.45) is 2.77. The van der Waals surface area contributed by atoms with Crippen molar-refractivity contribution in [2.75, 3.05) is 39.9 Å². The second kappa shape index (κ2) is 10.4. The van der Waals surface area contributed by atoms with Crippen molar-refractivity contribution in [2.24, 2.45) is 4.99 Å². The lowest BCUT2D eigenvalue weighted by molar-refractivity contribution is 0.0342. The third kappa shape index (κ3) is 5.83. The predicted octanol–water partition coefficient (Wildman–Crippen LogP) is 3.05. The molecule has 31 heavy (non-hydrogen) atoms. The van der Waals surface area contributed by atoms with Crippen molar-refractivity contribution in [3.05, 3.63) is 71.2 Å². The molecule has 1 aliphatic heterocycles. The summed E-state index contributed by atoms with van der Waals surface area (Å²) < 4.78 is 18.8. The monoisotopic (exact) mass is 423 g/mol. The van der Waals surface area contributed by atoms with Crippen molar-refractivity contribution in [2.45, 2.75) is 19.5 Å². The lowest BCUT2D eigenvalue weighted by Gasteiger charge is -2.26. The average Bonchev–Trinajstić information content (AvgIpc) is 3.19. The van der Waals surface area contributed by atoms with Gasteiger partial charge in [-0.2, -0.15) is 0 Å². The molecule has 0 bridgehead atoms. The molecule has 1 aromatic heterocycles. The Morgan fingerprint density at radius 1 is 1.13 bits per heavy atom. The van der Waals surface area contributed by atoms with Crippen molar-refractivity contribution in [3.63, 3.8) is 0 Å². The van der Waals surface area contributed by atoms with Gasteiger partial charge in [0, 0.05) is 56.9 Å². The molecule has 6 nitrogen and oxygen atoms in total. The van der Waals surface area contributed by atoms with E-state index in [1.54, 1.807) is 7.05 Å². The quantitative estimate of drug-likeness (QED) is 0.404. The molecule has 3 N–H and O–H groups in total. The predicted molar refractivity (Wildman–Crippen MR) is 123 cm³/mol. The van der Waals surface area contributed by atoms with Crippen LogP contribution in [0.4, 0.5) is 4.39 Å². The topological polar surface area (TPSA) is 64.7 Å². The first-order valence-corrected chi connectivity index (χ1v) is 10.8.